The van der Waals surface area contributed by atoms with Crippen LogP contribution in [0, 0.1) is 11.3 Å². The number of hydrogen-bond acceptors (Lipinski definition) is 4. The van der Waals surface area contributed by atoms with E-state index in [0.717, 1.165) is 12.4 Å². The lowest BCUT2D eigenvalue weighted by Gasteiger charge is -2.24. The second-order valence-electron chi connectivity index (χ2n) is 5.10. The molecule has 0 aliphatic carbocycles. The number of aliphatic hydroxyl groups is 1. The quantitative estimate of drug-likeness (QED) is 0.737. The third-order valence-electron chi connectivity index (χ3n) is 2.69. The topological polar surface area (TPSA) is 77.0 Å². The summed E-state index contributed by atoms with van der Waals surface area (Å²) in [6.45, 7) is 7.60. The van der Waals surface area contributed by atoms with Crippen LogP contribution in [0.1, 0.15) is 26.6 Å². The van der Waals surface area contributed by atoms with Gasteiger partial charge in [-0.3, -0.25) is 0 Å². The summed E-state index contributed by atoms with van der Waals surface area (Å²) in [5, 5.41) is 13.5. The summed E-state index contributed by atoms with van der Waals surface area (Å²) in [5.74, 6) is 1.43. The molecule has 1 rings (SSSR count). The average Bonchev–Trinajstić information content (AvgIpc) is 2.64. The maximum Gasteiger partial charge on any atom is 0.138 e. The molecular weight excluding hydrogens is 204 g/mol. The Morgan fingerprint density at radius 3 is 2.75 bits per heavy atom. The smallest absolute Gasteiger partial charge is 0.138 e. The van der Waals surface area contributed by atoms with E-state index in [1.807, 2.05) is 11.6 Å². The van der Waals surface area contributed by atoms with Gasteiger partial charge >= 0.3 is 0 Å². The van der Waals surface area contributed by atoms with Gasteiger partial charge in [0.15, 0.2) is 0 Å². The van der Waals surface area contributed by atoms with Crippen molar-refractivity contribution in [1.29, 1.82) is 0 Å². The van der Waals surface area contributed by atoms with Crippen LogP contribution < -0.4 is 5.73 Å². The molecule has 1 aromatic heterocycles. The standard InChI is InChI=1S/C11H22N4O/c1-9(2)5-15-10(13-8-14-15)4-11(3,6-12)7-16/h8-9,16H,4-7,12H2,1-3H3. The summed E-state index contributed by atoms with van der Waals surface area (Å²) in [6.07, 6.45) is 2.22. The molecule has 1 heterocycles. The van der Waals surface area contributed by atoms with E-state index in [2.05, 4.69) is 23.9 Å². The zero-order valence-electron chi connectivity index (χ0n) is 10.3. The Labute approximate surface area is 96.7 Å². The minimum atomic E-state index is -0.304. The molecule has 0 radical (unpaired) electrons. The monoisotopic (exact) mass is 226 g/mol. The van der Waals surface area contributed by atoms with Gasteiger partial charge in [0, 0.05) is 24.9 Å². The second-order valence-corrected chi connectivity index (χ2v) is 5.10. The molecule has 16 heavy (non-hydrogen) atoms. The molecule has 0 aliphatic rings. The van der Waals surface area contributed by atoms with Gasteiger partial charge in [0.1, 0.15) is 12.2 Å². The van der Waals surface area contributed by atoms with Crippen LogP contribution in [-0.2, 0) is 13.0 Å². The fourth-order valence-corrected chi connectivity index (χ4v) is 1.50. The van der Waals surface area contributed by atoms with Crippen LogP contribution in [0.15, 0.2) is 6.33 Å². The lowest BCUT2D eigenvalue weighted by molar-refractivity contribution is 0.145. The van der Waals surface area contributed by atoms with Gasteiger partial charge in [-0.2, -0.15) is 5.10 Å². The van der Waals surface area contributed by atoms with Crippen molar-refractivity contribution >= 4 is 0 Å². The van der Waals surface area contributed by atoms with Gasteiger partial charge in [0.05, 0.1) is 6.61 Å². The summed E-state index contributed by atoms with van der Waals surface area (Å²) < 4.78 is 1.90. The highest BCUT2D eigenvalue weighted by Crippen LogP contribution is 2.19. The van der Waals surface area contributed by atoms with E-state index < -0.39 is 0 Å². The van der Waals surface area contributed by atoms with Crippen molar-refractivity contribution in [3.05, 3.63) is 12.2 Å². The molecular formula is C11H22N4O. The molecule has 0 bridgehead atoms. The van der Waals surface area contributed by atoms with Gasteiger partial charge in [-0.15, -0.1) is 0 Å². The third-order valence-corrected chi connectivity index (χ3v) is 2.69. The zero-order valence-corrected chi connectivity index (χ0v) is 10.3. The van der Waals surface area contributed by atoms with Crippen molar-refractivity contribution in [3.8, 4) is 0 Å². The van der Waals surface area contributed by atoms with Gasteiger partial charge in [-0.25, -0.2) is 9.67 Å². The summed E-state index contributed by atoms with van der Waals surface area (Å²) in [7, 11) is 0. The van der Waals surface area contributed by atoms with Crippen molar-refractivity contribution in [2.24, 2.45) is 17.1 Å². The van der Waals surface area contributed by atoms with E-state index in [-0.39, 0.29) is 12.0 Å². The van der Waals surface area contributed by atoms with Crippen LogP contribution in [0.4, 0.5) is 0 Å². The Kier molecular flexibility index (Phi) is 4.44. The maximum absolute atomic E-state index is 9.32. The molecule has 3 N–H and O–H groups in total. The Morgan fingerprint density at radius 1 is 1.56 bits per heavy atom. The van der Waals surface area contributed by atoms with Gasteiger partial charge < -0.3 is 10.8 Å². The first-order chi connectivity index (χ1) is 7.50. The summed E-state index contributed by atoms with van der Waals surface area (Å²) in [5.41, 5.74) is 5.36. The zero-order chi connectivity index (χ0) is 12.2. The highest BCUT2D eigenvalue weighted by Gasteiger charge is 2.24. The molecule has 0 amide bonds. The van der Waals surface area contributed by atoms with Gasteiger partial charge in [0.2, 0.25) is 0 Å². The molecule has 1 atom stereocenters. The first-order valence-electron chi connectivity index (χ1n) is 5.68. The fraction of sp³-hybridized carbons (Fsp3) is 0.818. The first kappa shape index (κ1) is 13.1. The molecule has 0 spiro atoms. The first-order valence-corrected chi connectivity index (χ1v) is 5.68. The van der Waals surface area contributed by atoms with Crippen molar-refractivity contribution in [2.45, 2.75) is 33.7 Å². The van der Waals surface area contributed by atoms with E-state index in [1.54, 1.807) is 6.33 Å². The molecule has 92 valence electrons. The van der Waals surface area contributed by atoms with Crippen molar-refractivity contribution in [2.75, 3.05) is 13.2 Å². The maximum atomic E-state index is 9.32. The highest BCUT2D eigenvalue weighted by atomic mass is 16.3. The molecule has 1 aromatic rings. The van der Waals surface area contributed by atoms with Crippen molar-refractivity contribution < 1.29 is 5.11 Å². The van der Waals surface area contributed by atoms with E-state index in [4.69, 9.17) is 5.73 Å². The molecule has 1 unspecified atom stereocenters. The number of aromatic nitrogens is 3. The van der Waals surface area contributed by atoms with E-state index in [9.17, 15) is 5.11 Å². The van der Waals surface area contributed by atoms with Gasteiger partial charge in [0.25, 0.3) is 0 Å². The molecule has 0 fully saturated rings. The van der Waals surface area contributed by atoms with Crippen LogP contribution in [0.3, 0.4) is 0 Å². The minimum Gasteiger partial charge on any atom is -0.396 e. The molecule has 0 saturated carbocycles. The number of nitrogens with two attached hydrogens (primary N) is 1. The predicted molar refractivity (Wildman–Crippen MR) is 62.8 cm³/mol. The van der Waals surface area contributed by atoms with E-state index >= 15 is 0 Å². The summed E-state index contributed by atoms with van der Waals surface area (Å²) in [6, 6.07) is 0. The molecule has 0 aliphatic heterocycles. The Morgan fingerprint density at radius 2 is 2.25 bits per heavy atom. The Balaban J connectivity index is 2.76. The fourth-order valence-electron chi connectivity index (χ4n) is 1.50. The van der Waals surface area contributed by atoms with Crippen molar-refractivity contribution in [3.63, 3.8) is 0 Å². The minimum absolute atomic E-state index is 0.0675. The molecule has 0 aromatic carbocycles. The highest BCUT2D eigenvalue weighted by molar-refractivity contribution is 4.93. The normalized spacial score (nSPS) is 15.4. The van der Waals surface area contributed by atoms with Crippen LogP contribution in [0.5, 0.6) is 0 Å². The predicted octanol–water partition coefficient (Wildman–Crippen LogP) is 0.434. The van der Waals surface area contributed by atoms with Crippen LogP contribution in [-0.4, -0.2) is 33.0 Å². The van der Waals surface area contributed by atoms with E-state index in [0.29, 0.717) is 18.9 Å². The third kappa shape index (κ3) is 3.28. The molecule has 5 nitrogen and oxygen atoms in total. The number of rotatable bonds is 6. The molecule has 0 saturated heterocycles. The van der Waals surface area contributed by atoms with Crippen LogP contribution in [0.2, 0.25) is 0 Å². The molecule has 5 heteroatoms. The van der Waals surface area contributed by atoms with Gasteiger partial charge in [-0.05, 0) is 5.92 Å². The number of hydrogen-bond donors (Lipinski definition) is 2. The summed E-state index contributed by atoms with van der Waals surface area (Å²) >= 11 is 0. The van der Waals surface area contributed by atoms with Crippen LogP contribution >= 0.6 is 0 Å². The van der Waals surface area contributed by atoms with E-state index in [1.165, 1.54) is 0 Å². The second kappa shape index (κ2) is 5.41. The van der Waals surface area contributed by atoms with Crippen LogP contribution in [0.25, 0.3) is 0 Å². The average molecular weight is 226 g/mol. The number of nitrogens with zero attached hydrogens (tertiary/aromatic N) is 3. The summed E-state index contributed by atoms with van der Waals surface area (Å²) in [4.78, 5) is 4.24. The largest absolute Gasteiger partial charge is 0.396 e. The van der Waals surface area contributed by atoms with Gasteiger partial charge in [-0.1, -0.05) is 20.8 Å². The van der Waals surface area contributed by atoms with Crippen molar-refractivity contribution in [1.82, 2.24) is 14.8 Å². The lowest BCUT2D eigenvalue weighted by Crippen LogP contribution is -2.34. The Hall–Kier alpha value is -0.940. The Bertz CT molecular complexity index is 318. The SMILES string of the molecule is CC(C)Cn1ncnc1CC(C)(CN)CO. The lowest BCUT2D eigenvalue weighted by atomic mass is 9.87. The number of aliphatic hydroxyl groups excluding tert-OH is 1.